The van der Waals surface area contributed by atoms with Crippen molar-refractivity contribution in [2.75, 3.05) is 20.3 Å². The Morgan fingerprint density at radius 3 is 2.41 bits per heavy atom. The highest BCUT2D eigenvalue weighted by Crippen LogP contribution is 2.42. The number of likely N-dealkylation sites (N-methyl/N-ethyl adjacent to an activating group) is 1. The van der Waals surface area contributed by atoms with Crippen LogP contribution in [-0.4, -0.2) is 42.5 Å². The fourth-order valence-electron chi connectivity index (χ4n) is 5.04. The van der Waals surface area contributed by atoms with Gasteiger partial charge in [-0.3, -0.25) is 4.79 Å². The molecule has 2 fully saturated rings. The van der Waals surface area contributed by atoms with Crippen LogP contribution in [0.2, 0.25) is 0 Å². The summed E-state index contributed by atoms with van der Waals surface area (Å²) < 4.78 is 33.6. The van der Waals surface area contributed by atoms with Crippen LogP contribution in [-0.2, 0) is 9.53 Å². The topological polar surface area (TPSA) is 58.6 Å². The van der Waals surface area contributed by atoms with Crippen LogP contribution in [0.3, 0.4) is 0 Å². The van der Waals surface area contributed by atoms with E-state index in [4.69, 9.17) is 4.74 Å². The molecule has 2 heterocycles. The maximum Gasteiger partial charge on any atom is 0.318 e. The van der Waals surface area contributed by atoms with Crippen molar-refractivity contribution in [2.24, 2.45) is 5.92 Å². The highest BCUT2D eigenvalue weighted by atomic mass is 19.1. The zero-order valence-corrected chi connectivity index (χ0v) is 18.3. The number of ketones is 1. The first-order chi connectivity index (χ1) is 15.3. The third-order valence-electron chi connectivity index (χ3n) is 7.08. The van der Waals surface area contributed by atoms with Crippen LogP contribution < -0.4 is 5.32 Å². The summed E-state index contributed by atoms with van der Waals surface area (Å²) in [5.41, 5.74) is 0.177. The number of rotatable bonds is 6. The lowest BCUT2D eigenvalue weighted by Gasteiger charge is -2.37. The molecule has 0 saturated carbocycles. The van der Waals surface area contributed by atoms with Gasteiger partial charge < -0.3 is 15.0 Å². The van der Waals surface area contributed by atoms with Gasteiger partial charge in [-0.15, -0.1) is 0 Å². The number of benzene rings is 2. The number of amides is 2. The summed E-state index contributed by atoms with van der Waals surface area (Å²) in [5.74, 6) is -1.77. The molecule has 2 aliphatic rings. The van der Waals surface area contributed by atoms with Gasteiger partial charge in [0.2, 0.25) is 0 Å². The quantitative estimate of drug-likeness (QED) is 0.712. The molecule has 0 unspecified atom stereocenters. The van der Waals surface area contributed by atoms with Crippen LogP contribution in [0.25, 0.3) is 0 Å². The highest BCUT2D eigenvalue weighted by molar-refractivity contribution is 5.96. The average molecular weight is 443 g/mol. The number of urea groups is 1. The van der Waals surface area contributed by atoms with Gasteiger partial charge in [-0.2, -0.15) is 0 Å². The van der Waals surface area contributed by atoms with Gasteiger partial charge in [0, 0.05) is 32.7 Å². The summed E-state index contributed by atoms with van der Waals surface area (Å²) in [5, 5.41) is 2.93. The first-order valence-electron chi connectivity index (χ1n) is 11.0. The van der Waals surface area contributed by atoms with Crippen LogP contribution in [0.15, 0.2) is 48.5 Å². The van der Waals surface area contributed by atoms with Crippen molar-refractivity contribution in [3.05, 3.63) is 71.3 Å². The second kappa shape index (κ2) is 8.98. The Bertz CT molecular complexity index is 974. The van der Waals surface area contributed by atoms with E-state index >= 15 is 0 Å². The lowest BCUT2D eigenvalue weighted by Crippen LogP contribution is -2.51. The predicted molar refractivity (Wildman–Crippen MR) is 116 cm³/mol. The van der Waals surface area contributed by atoms with Gasteiger partial charge in [0.05, 0.1) is 6.04 Å². The molecule has 170 valence electrons. The van der Waals surface area contributed by atoms with E-state index in [2.05, 4.69) is 5.32 Å². The Morgan fingerprint density at radius 1 is 1.16 bits per heavy atom. The summed E-state index contributed by atoms with van der Waals surface area (Å²) in [7, 11) is 1.61. The van der Waals surface area contributed by atoms with Gasteiger partial charge in [0.1, 0.15) is 17.2 Å². The predicted octanol–water partition coefficient (Wildman–Crippen LogP) is 4.59. The third kappa shape index (κ3) is 4.13. The number of hydrogen-bond acceptors (Lipinski definition) is 3. The molecule has 2 aromatic carbocycles. The normalized spacial score (nSPS) is 24.9. The lowest BCUT2D eigenvalue weighted by molar-refractivity contribution is -0.129. The number of Topliss-reactive ketones (excluding diaryl/α,β-unsaturated/α-hetero) is 1. The van der Waals surface area contributed by atoms with Gasteiger partial charge in [0.15, 0.2) is 5.78 Å². The van der Waals surface area contributed by atoms with Crippen LogP contribution in [0.4, 0.5) is 13.6 Å². The van der Waals surface area contributed by atoms with E-state index in [9.17, 15) is 18.4 Å². The Kier molecular flexibility index (Phi) is 6.29. The SMILES string of the molecule is CN1C(=O)N[C@H](c2ccccc2)[C@@]1(C)C(=O)C[C@@H](c1cc(F)cc(F)c1)C1CCOCC1. The van der Waals surface area contributed by atoms with E-state index in [0.717, 1.165) is 11.6 Å². The van der Waals surface area contributed by atoms with Gasteiger partial charge in [-0.1, -0.05) is 30.3 Å². The Hall–Kier alpha value is -2.80. The number of carbonyl (C=O) groups excluding carboxylic acids is 2. The second-order valence-corrected chi connectivity index (χ2v) is 8.89. The Labute approximate surface area is 186 Å². The summed E-state index contributed by atoms with van der Waals surface area (Å²) in [6.45, 7) is 2.87. The standard InChI is InChI=1S/C25H28F2N2O3/c1-25(23(28-24(31)29(25)2)17-6-4-3-5-7-17)22(30)15-21(16-8-10-32-11-9-16)18-12-19(26)14-20(27)13-18/h3-7,12-14,16,21,23H,8-11,15H2,1-2H3,(H,28,31)/t21-,23-,25-/m1/s1. The summed E-state index contributed by atoms with van der Waals surface area (Å²) >= 11 is 0. The first-order valence-corrected chi connectivity index (χ1v) is 11.0. The Balaban J connectivity index is 1.69. The molecule has 2 amide bonds. The zero-order chi connectivity index (χ0) is 22.9. The van der Waals surface area contributed by atoms with Crippen LogP contribution in [0.1, 0.15) is 49.3 Å². The van der Waals surface area contributed by atoms with E-state index in [1.54, 1.807) is 14.0 Å². The third-order valence-corrected chi connectivity index (χ3v) is 7.08. The highest BCUT2D eigenvalue weighted by Gasteiger charge is 2.53. The van der Waals surface area contributed by atoms with E-state index in [1.165, 1.54) is 17.0 Å². The monoisotopic (exact) mass is 442 g/mol. The fraction of sp³-hybridized carbons (Fsp3) is 0.440. The molecule has 3 atom stereocenters. The van der Waals surface area contributed by atoms with E-state index in [0.29, 0.717) is 31.6 Å². The Morgan fingerprint density at radius 2 is 1.78 bits per heavy atom. The molecule has 5 nitrogen and oxygen atoms in total. The molecule has 4 rings (SSSR count). The zero-order valence-electron chi connectivity index (χ0n) is 18.3. The van der Waals surface area contributed by atoms with Crippen molar-refractivity contribution in [2.45, 2.75) is 43.7 Å². The van der Waals surface area contributed by atoms with Crippen molar-refractivity contribution in [1.82, 2.24) is 10.2 Å². The van der Waals surface area contributed by atoms with Gasteiger partial charge >= 0.3 is 6.03 Å². The minimum atomic E-state index is -1.13. The molecular weight excluding hydrogens is 414 g/mol. The number of hydrogen-bond donors (Lipinski definition) is 1. The number of nitrogens with zero attached hydrogens (tertiary/aromatic N) is 1. The molecule has 0 spiro atoms. The fourth-order valence-corrected chi connectivity index (χ4v) is 5.04. The summed E-state index contributed by atoms with van der Waals surface area (Å²) in [6.07, 6.45) is 1.50. The average Bonchev–Trinajstić information content (AvgIpc) is 3.03. The first kappa shape index (κ1) is 22.4. The number of carbonyl (C=O) groups is 2. The molecule has 2 aliphatic heterocycles. The molecule has 2 aromatic rings. The van der Waals surface area contributed by atoms with Crippen molar-refractivity contribution in [3.8, 4) is 0 Å². The number of ether oxygens (including phenoxy) is 1. The van der Waals surface area contributed by atoms with Gasteiger partial charge in [-0.25, -0.2) is 13.6 Å². The maximum atomic E-state index is 14.1. The molecule has 1 N–H and O–H groups in total. The minimum absolute atomic E-state index is 0.0584. The smallest absolute Gasteiger partial charge is 0.318 e. The van der Waals surface area contributed by atoms with Crippen molar-refractivity contribution in [1.29, 1.82) is 0 Å². The van der Waals surface area contributed by atoms with Crippen LogP contribution in [0, 0.1) is 17.6 Å². The van der Waals surface area contributed by atoms with Gasteiger partial charge in [0.25, 0.3) is 0 Å². The maximum absolute atomic E-state index is 14.1. The number of halogens is 2. The minimum Gasteiger partial charge on any atom is -0.381 e. The molecule has 32 heavy (non-hydrogen) atoms. The van der Waals surface area contributed by atoms with Gasteiger partial charge in [-0.05, 0) is 54.9 Å². The molecule has 0 aromatic heterocycles. The molecular formula is C25H28F2N2O3. The van der Waals surface area contributed by atoms with E-state index < -0.39 is 23.2 Å². The van der Waals surface area contributed by atoms with E-state index in [1.807, 2.05) is 30.3 Å². The van der Waals surface area contributed by atoms with Crippen LogP contribution in [0.5, 0.6) is 0 Å². The summed E-state index contributed by atoms with van der Waals surface area (Å²) in [4.78, 5) is 27.9. The molecule has 7 heteroatoms. The number of nitrogens with one attached hydrogen (secondary N) is 1. The van der Waals surface area contributed by atoms with Crippen molar-refractivity contribution < 1.29 is 23.1 Å². The van der Waals surface area contributed by atoms with Crippen molar-refractivity contribution in [3.63, 3.8) is 0 Å². The molecule has 0 radical (unpaired) electrons. The van der Waals surface area contributed by atoms with Crippen LogP contribution >= 0.6 is 0 Å². The van der Waals surface area contributed by atoms with E-state index in [-0.39, 0.29) is 30.1 Å². The molecule has 0 aliphatic carbocycles. The molecule has 0 bridgehead atoms. The molecule has 2 saturated heterocycles. The lowest BCUT2D eigenvalue weighted by atomic mass is 9.74. The largest absolute Gasteiger partial charge is 0.381 e. The summed E-state index contributed by atoms with van der Waals surface area (Å²) in [6, 6.07) is 12.0. The van der Waals surface area contributed by atoms with Crippen molar-refractivity contribution >= 4 is 11.8 Å². The second-order valence-electron chi connectivity index (χ2n) is 8.89.